The Morgan fingerprint density at radius 2 is 1.05 bits per heavy atom. The van der Waals surface area contributed by atoms with E-state index in [0.717, 1.165) is 0 Å². The van der Waals surface area contributed by atoms with Crippen LogP contribution >= 0.6 is 0 Å². The molecule has 0 amide bonds. The van der Waals surface area contributed by atoms with Crippen molar-refractivity contribution in [3.63, 3.8) is 0 Å². The van der Waals surface area contributed by atoms with Crippen LogP contribution in [0.3, 0.4) is 0 Å². The van der Waals surface area contributed by atoms with Crippen molar-refractivity contribution >= 4 is 11.9 Å². The molecule has 108 valence electrons. The van der Waals surface area contributed by atoms with E-state index in [0.29, 0.717) is 11.1 Å². The fourth-order valence-electron chi connectivity index (χ4n) is 2.27. The molecule has 0 saturated carbocycles. The normalized spacial score (nSPS) is 10.8. The van der Waals surface area contributed by atoms with Gasteiger partial charge in [0.1, 0.15) is 0 Å². The Labute approximate surface area is 121 Å². The molecule has 0 heterocycles. The topological polar surface area (TPSA) is 105 Å². The highest BCUT2D eigenvalue weighted by molar-refractivity contribution is 6.10. The summed E-state index contributed by atoms with van der Waals surface area (Å²) in [6, 6.07) is 16.6. The molecule has 0 spiro atoms. The van der Waals surface area contributed by atoms with E-state index in [-0.39, 0.29) is 0 Å². The molecular weight excluding hydrogens is 272 g/mol. The van der Waals surface area contributed by atoms with Gasteiger partial charge in [0.25, 0.3) is 0 Å². The van der Waals surface area contributed by atoms with Crippen LogP contribution in [0.25, 0.3) is 0 Å². The predicted octanol–water partition coefficient (Wildman–Crippen LogP) is 0.806. The molecule has 0 aromatic heterocycles. The van der Waals surface area contributed by atoms with Gasteiger partial charge in [0, 0.05) is 0 Å². The molecule has 0 bridgehead atoms. The lowest BCUT2D eigenvalue weighted by Gasteiger charge is -2.28. The van der Waals surface area contributed by atoms with E-state index in [1.807, 2.05) is 0 Å². The summed E-state index contributed by atoms with van der Waals surface area (Å²) in [7, 11) is 0. The largest absolute Gasteiger partial charge is 0.372 e. The molecule has 0 fully saturated rings. The van der Waals surface area contributed by atoms with Crippen molar-refractivity contribution in [3.05, 3.63) is 71.8 Å². The number of benzene rings is 2. The molecule has 21 heavy (non-hydrogen) atoms. The molecule has 0 saturated heterocycles. The molecule has 0 aliphatic rings. The van der Waals surface area contributed by atoms with Crippen LogP contribution in [0.2, 0.25) is 0 Å². The summed E-state index contributed by atoms with van der Waals surface area (Å²) in [5.74, 6) is 8.10. The molecule has 0 aliphatic heterocycles. The first-order valence-corrected chi connectivity index (χ1v) is 6.11. The Morgan fingerprint density at radius 3 is 1.33 bits per heavy atom. The summed E-state index contributed by atoms with van der Waals surface area (Å²) < 4.78 is 0. The van der Waals surface area contributed by atoms with Crippen molar-refractivity contribution < 1.29 is 19.3 Å². The molecule has 2 aromatic rings. The highest BCUT2D eigenvalue weighted by atomic mass is 16.7. The third-order valence-electron chi connectivity index (χ3n) is 3.24. The van der Waals surface area contributed by atoms with E-state index >= 15 is 0 Å². The number of nitrogens with two attached hydrogens (primary N) is 2. The molecule has 0 unspecified atom stereocenters. The van der Waals surface area contributed by atoms with Crippen LogP contribution in [0.1, 0.15) is 11.1 Å². The van der Waals surface area contributed by atoms with Gasteiger partial charge >= 0.3 is 11.9 Å². The van der Waals surface area contributed by atoms with Crippen molar-refractivity contribution in [2.75, 3.05) is 0 Å². The first-order chi connectivity index (χ1) is 10.2. The summed E-state index contributed by atoms with van der Waals surface area (Å²) in [5, 5.41) is 0. The maximum Gasteiger partial charge on any atom is 0.351 e. The third kappa shape index (κ3) is 2.37. The highest BCUT2D eigenvalue weighted by Crippen LogP contribution is 2.34. The van der Waals surface area contributed by atoms with Crippen LogP contribution in [0.4, 0.5) is 0 Å². The Morgan fingerprint density at radius 1 is 0.714 bits per heavy atom. The lowest BCUT2D eigenvalue weighted by Crippen LogP contribution is -2.48. The van der Waals surface area contributed by atoms with Gasteiger partial charge in [-0.1, -0.05) is 60.7 Å². The molecule has 0 radical (unpaired) electrons. The predicted molar refractivity (Wildman–Crippen MR) is 74.2 cm³/mol. The van der Waals surface area contributed by atoms with Gasteiger partial charge in [-0.3, -0.25) is 0 Å². The van der Waals surface area contributed by atoms with Crippen molar-refractivity contribution in [3.8, 4) is 0 Å². The van der Waals surface area contributed by atoms with Crippen LogP contribution in [-0.4, -0.2) is 11.9 Å². The van der Waals surface area contributed by atoms with Crippen LogP contribution in [0.5, 0.6) is 0 Å². The van der Waals surface area contributed by atoms with Gasteiger partial charge < -0.3 is 9.68 Å². The van der Waals surface area contributed by atoms with Gasteiger partial charge in [-0.25, -0.2) is 9.59 Å². The summed E-state index contributed by atoms with van der Waals surface area (Å²) in [5.41, 5.74) is -1.17. The minimum absolute atomic E-state index is 0.349. The number of carbonyl (C=O) groups excluding carboxylic acids is 2. The standard InChI is InChI=1S/C15H14N2O4/c16-20-13(18)15(14(19)21-17,11-7-3-1-4-8-11)12-9-5-2-6-10-12/h1-10H,16-17H2. The lowest BCUT2D eigenvalue weighted by molar-refractivity contribution is -0.163. The summed E-state index contributed by atoms with van der Waals surface area (Å²) >= 11 is 0. The molecular formula is C15H14N2O4. The van der Waals surface area contributed by atoms with Crippen LogP contribution < -0.4 is 11.8 Å². The number of hydrogen-bond donors (Lipinski definition) is 2. The lowest BCUT2D eigenvalue weighted by atomic mass is 9.74. The van der Waals surface area contributed by atoms with Crippen LogP contribution in [0.15, 0.2) is 60.7 Å². The average Bonchev–Trinajstić information content (AvgIpc) is 2.57. The van der Waals surface area contributed by atoms with Crippen molar-refractivity contribution in [1.82, 2.24) is 0 Å². The molecule has 2 aromatic carbocycles. The Kier molecular flexibility index (Phi) is 4.32. The van der Waals surface area contributed by atoms with E-state index in [4.69, 9.17) is 11.8 Å². The van der Waals surface area contributed by atoms with E-state index in [9.17, 15) is 9.59 Å². The van der Waals surface area contributed by atoms with E-state index in [1.165, 1.54) is 0 Å². The monoisotopic (exact) mass is 286 g/mol. The Balaban J connectivity index is 2.78. The van der Waals surface area contributed by atoms with Gasteiger partial charge in [-0.15, -0.1) is 0 Å². The molecule has 6 nitrogen and oxygen atoms in total. The molecule has 2 rings (SSSR count). The minimum Gasteiger partial charge on any atom is -0.372 e. The first kappa shape index (κ1) is 14.7. The van der Waals surface area contributed by atoms with E-state index in [2.05, 4.69) is 9.68 Å². The molecule has 4 N–H and O–H groups in total. The molecule has 6 heteroatoms. The molecule has 0 atom stereocenters. The van der Waals surface area contributed by atoms with Gasteiger partial charge in [-0.2, -0.15) is 11.8 Å². The minimum atomic E-state index is -1.87. The maximum absolute atomic E-state index is 12.3. The second-order valence-electron chi connectivity index (χ2n) is 4.29. The fourth-order valence-corrected chi connectivity index (χ4v) is 2.27. The number of carbonyl (C=O) groups is 2. The number of hydrogen-bond acceptors (Lipinski definition) is 6. The van der Waals surface area contributed by atoms with Crippen molar-refractivity contribution in [2.24, 2.45) is 11.8 Å². The van der Waals surface area contributed by atoms with Gasteiger partial charge in [0.15, 0.2) is 0 Å². The first-order valence-electron chi connectivity index (χ1n) is 6.11. The molecule has 0 aliphatic carbocycles. The quantitative estimate of drug-likeness (QED) is 0.636. The second-order valence-corrected chi connectivity index (χ2v) is 4.29. The summed E-state index contributed by atoms with van der Waals surface area (Å²) in [6.07, 6.45) is 0. The zero-order chi connectivity index (χ0) is 15.3. The third-order valence-corrected chi connectivity index (χ3v) is 3.24. The Hall–Kier alpha value is -2.70. The number of rotatable bonds is 4. The smallest absolute Gasteiger partial charge is 0.351 e. The SMILES string of the molecule is NOC(=O)C(C(=O)ON)(c1ccccc1)c1ccccc1. The Bertz CT molecular complexity index is 571. The summed E-state index contributed by atoms with van der Waals surface area (Å²) in [6.45, 7) is 0. The second kappa shape index (κ2) is 6.17. The van der Waals surface area contributed by atoms with Crippen molar-refractivity contribution in [2.45, 2.75) is 5.41 Å². The van der Waals surface area contributed by atoms with Gasteiger partial charge in [0.05, 0.1) is 0 Å². The zero-order valence-corrected chi connectivity index (χ0v) is 11.1. The average molecular weight is 286 g/mol. The van der Waals surface area contributed by atoms with Gasteiger partial charge in [0.2, 0.25) is 5.41 Å². The van der Waals surface area contributed by atoms with Crippen molar-refractivity contribution in [1.29, 1.82) is 0 Å². The zero-order valence-electron chi connectivity index (χ0n) is 11.1. The van der Waals surface area contributed by atoms with E-state index in [1.54, 1.807) is 60.7 Å². The summed E-state index contributed by atoms with van der Waals surface area (Å²) in [4.78, 5) is 33.4. The fraction of sp³-hybridized carbons (Fsp3) is 0.0667. The van der Waals surface area contributed by atoms with E-state index < -0.39 is 17.4 Å². The maximum atomic E-state index is 12.3. The van der Waals surface area contributed by atoms with Crippen LogP contribution in [0, 0.1) is 0 Å². The highest BCUT2D eigenvalue weighted by Gasteiger charge is 2.52. The van der Waals surface area contributed by atoms with Gasteiger partial charge in [-0.05, 0) is 11.1 Å². The van der Waals surface area contributed by atoms with Crippen LogP contribution in [-0.2, 0) is 24.7 Å².